The SMILES string of the molecule is Cc1occc1OO. The number of rotatable bonds is 1. The normalized spacial score (nSPS) is 9.25. The lowest BCUT2D eigenvalue weighted by Gasteiger charge is -1.87. The first-order valence-corrected chi connectivity index (χ1v) is 2.20. The fourth-order valence-electron chi connectivity index (χ4n) is 0.468. The second kappa shape index (κ2) is 1.88. The first-order chi connectivity index (χ1) is 3.84. The molecule has 0 aromatic carbocycles. The summed E-state index contributed by atoms with van der Waals surface area (Å²) >= 11 is 0. The Labute approximate surface area is 46.4 Å². The fraction of sp³-hybridized carbons (Fsp3) is 0.200. The molecule has 44 valence electrons. The van der Waals surface area contributed by atoms with Gasteiger partial charge in [-0.15, -0.1) is 0 Å². The zero-order chi connectivity index (χ0) is 5.98. The van der Waals surface area contributed by atoms with Crippen molar-refractivity contribution in [3.63, 3.8) is 0 Å². The third-order valence-corrected chi connectivity index (χ3v) is 0.910. The molecule has 1 aromatic heterocycles. The summed E-state index contributed by atoms with van der Waals surface area (Å²) in [4.78, 5) is 3.89. The Kier molecular flexibility index (Phi) is 1.22. The van der Waals surface area contributed by atoms with Crippen LogP contribution in [0.5, 0.6) is 5.75 Å². The smallest absolute Gasteiger partial charge is 0.205 e. The van der Waals surface area contributed by atoms with Crippen molar-refractivity contribution in [3.8, 4) is 5.75 Å². The van der Waals surface area contributed by atoms with E-state index in [1.165, 1.54) is 12.3 Å². The predicted octanol–water partition coefficient (Wildman–Crippen LogP) is 1.44. The first kappa shape index (κ1) is 5.18. The molecule has 1 N–H and O–H groups in total. The molecular weight excluding hydrogens is 108 g/mol. The highest BCUT2D eigenvalue weighted by atomic mass is 17.1. The fourth-order valence-corrected chi connectivity index (χ4v) is 0.468. The highest BCUT2D eigenvalue weighted by Gasteiger charge is 1.98. The quantitative estimate of drug-likeness (QED) is 0.443. The minimum Gasteiger partial charge on any atom is -0.465 e. The van der Waals surface area contributed by atoms with E-state index in [-0.39, 0.29) is 0 Å². The number of hydrogen-bond donors (Lipinski definition) is 1. The Hall–Kier alpha value is -0.960. The third kappa shape index (κ3) is 0.675. The minimum absolute atomic E-state index is 0.366. The van der Waals surface area contributed by atoms with E-state index in [4.69, 9.17) is 9.67 Å². The third-order valence-electron chi connectivity index (χ3n) is 0.910. The molecule has 1 aromatic rings. The van der Waals surface area contributed by atoms with Gasteiger partial charge in [-0.1, -0.05) is 0 Å². The van der Waals surface area contributed by atoms with Crippen LogP contribution < -0.4 is 4.89 Å². The van der Waals surface area contributed by atoms with E-state index in [1.807, 2.05) is 0 Å². The number of hydrogen-bond acceptors (Lipinski definition) is 3. The standard InChI is InChI=1S/C5H6O3/c1-4-5(8-6)2-3-7-4/h2-3,6H,1H3. The summed E-state index contributed by atoms with van der Waals surface area (Å²) in [6, 6.07) is 1.54. The van der Waals surface area contributed by atoms with Crippen LogP contribution in [-0.4, -0.2) is 5.26 Å². The van der Waals surface area contributed by atoms with Crippen LogP contribution >= 0.6 is 0 Å². The molecule has 0 saturated heterocycles. The molecule has 3 heteroatoms. The zero-order valence-corrected chi connectivity index (χ0v) is 4.42. The number of furan rings is 1. The summed E-state index contributed by atoms with van der Waals surface area (Å²) in [7, 11) is 0. The second-order valence-corrected chi connectivity index (χ2v) is 1.43. The number of aryl methyl sites for hydroxylation is 1. The van der Waals surface area contributed by atoms with Crippen LogP contribution in [0.1, 0.15) is 5.76 Å². The van der Waals surface area contributed by atoms with Crippen molar-refractivity contribution in [2.75, 3.05) is 0 Å². The topological polar surface area (TPSA) is 42.6 Å². The maximum Gasteiger partial charge on any atom is 0.205 e. The minimum atomic E-state index is 0.366. The molecular formula is C5H6O3. The maximum absolute atomic E-state index is 8.05. The highest BCUT2D eigenvalue weighted by Crippen LogP contribution is 2.16. The van der Waals surface area contributed by atoms with E-state index in [1.54, 1.807) is 6.92 Å². The summed E-state index contributed by atoms with van der Waals surface area (Å²) in [6.45, 7) is 1.70. The highest BCUT2D eigenvalue weighted by molar-refractivity contribution is 5.21. The van der Waals surface area contributed by atoms with Crippen molar-refractivity contribution < 1.29 is 14.6 Å². The van der Waals surface area contributed by atoms with Crippen LogP contribution in [0.15, 0.2) is 16.7 Å². The zero-order valence-electron chi connectivity index (χ0n) is 4.42. The van der Waals surface area contributed by atoms with E-state index >= 15 is 0 Å². The van der Waals surface area contributed by atoms with Crippen molar-refractivity contribution in [3.05, 3.63) is 18.1 Å². The molecule has 8 heavy (non-hydrogen) atoms. The van der Waals surface area contributed by atoms with Gasteiger partial charge in [0.2, 0.25) is 5.75 Å². The van der Waals surface area contributed by atoms with Gasteiger partial charge in [-0.2, -0.15) is 0 Å². The van der Waals surface area contributed by atoms with Gasteiger partial charge in [0.05, 0.1) is 6.26 Å². The lowest BCUT2D eigenvalue weighted by atomic mass is 10.5. The first-order valence-electron chi connectivity index (χ1n) is 2.20. The van der Waals surface area contributed by atoms with Crippen molar-refractivity contribution >= 4 is 0 Å². The summed E-state index contributed by atoms with van der Waals surface area (Å²) in [5.41, 5.74) is 0. The van der Waals surface area contributed by atoms with Gasteiger partial charge in [0.15, 0.2) is 0 Å². The largest absolute Gasteiger partial charge is 0.465 e. The monoisotopic (exact) mass is 114 g/mol. The molecule has 0 aliphatic carbocycles. The molecule has 1 rings (SSSR count). The van der Waals surface area contributed by atoms with Gasteiger partial charge < -0.3 is 9.30 Å². The molecule has 1 heterocycles. The predicted molar refractivity (Wildman–Crippen MR) is 26.7 cm³/mol. The Morgan fingerprint density at radius 2 is 2.50 bits per heavy atom. The molecule has 3 nitrogen and oxygen atoms in total. The molecule has 0 amide bonds. The van der Waals surface area contributed by atoms with Crippen LogP contribution in [0.4, 0.5) is 0 Å². The Morgan fingerprint density at radius 3 is 2.75 bits per heavy atom. The van der Waals surface area contributed by atoms with Crippen LogP contribution in [0.3, 0.4) is 0 Å². The Bertz CT molecular complexity index is 168. The summed E-state index contributed by atoms with van der Waals surface area (Å²) in [5.74, 6) is 0.942. The molecule has 0 atom stereocenters. The molecule has 0 aliphatic heterocycles. The molecule has 0 unspecified atom stereocenters. The molecule has 0 fully saturated rings. The van der Waals surface area contributed by atoms with E-state index < -0.39 is 0 Å². The summed E-state index contributed by atoms with van der Waals surface area (Å²) < 4.78 is 4.77. The van der Waals surface area contributed by atoms with Gasteiger partial charge in [-0.3, -0.25) is 0 Å². The van der Waals surface area contributed by atoms with E-state index in [9.17, 15) is 0 Å². The van der Waals surface area contributed by atoms with Crippen molar-refractivity contribution in [2.24, 2.45) is 0 Å². The average molecular weight is 114 g/mol. The maximum atomic E-state index is 8.05. The Balaban J connectivity index is 2.92. The molecule has 0 aliphatic rings. The molecule has 0 saturated carbocycles. The summed E-state index contributed by atoms with van der Waals surface area (Å²) in [6.07, 6.45) is 1.45. The van der Waals surface area contributed by atoms with E-state index in [0.29, 0.717) is 11.5 Å². The second-order valence-electron chi connectivity index (χ2n) is 1.43. The van der Waals surface area contributed by atoms with Crippen LogP contribution in [0.2, 0.25) is 0 Å². The van der Waals surface area contributed by atoms with Gasteiger partial charge in [-0.25, -0.2) is 5.26 Å². The van der Waals surface area contributed by atoms with Crippen LogP contribution in [0, 0.1) is 6.92 Å². The van der Waals surface area contributed by atoms with Crippen LogP contribution in [-0.2, 0) is 0 Å². The molecule has 0 radical (unpaired) electrons. The van der Waals surface area contributed by atoms with Crippen molar-refractivity contribution in [2.45, 2.75) is 6.92 Å². The average Bonchev–Trinajstić information content (AvgIpc) is 2.14. The van der Waals surface area contributed by atoms with Gasteiger partial charge in [0.25, 0.3) is 0 Å². The van der Waals surface area contributed by atoms with Crippen LogP contribution in [0.25, 0.3) is 0 Å². The van der Waals surface area contributed by atoms with E-state index in [0.717, 1.165) is 0 Å². The van der Waals surface area contributed by atoms with Crippen molar-refractivity contribution in [1.82, 2.24) is 0 Å². The molecule has 0 spiro atoms. The van der Waals surface area contributed by atoms with Gasteiger partial charge in [0.1, 0.15) is 5.76 Å². The van der Waals surface area contributed by atoms with Gasteiger partial charge >= 0.3 is 0 Å². The summed E-state index contributed by atoms with van der Waals surface area (Å²) in [5, 5.41) is 8.05. The lowest BCUT2D eigenvalue weighted by Crippen LogP contribution is -1.80. The van der Waals surface area contributed by atoms with Crippen molar-refractivity contribution in [1.29, 1.82) is 0 Å². The van der Waals surface area contributed by atoms with Gasteiger partial charge in [0, 0.05) is 6.07 Å². The van der Waals surface area contributed by atoms with Gasteiger partial charge in [-0.05, 0) is 6.92 Å². The Morgan fingerprint density at radius 1 is 1.75 bits per heavy atom. The molecule has 0 bridgehead atoms. The van der Waals surface area contributed by atoms with E-state index in [2.05, 4.69) is 4.89 Å². The lowest BCUT2D eigenvalue weighted by molar-refractivity contribution is -0.138.